The van der Waals surface area contributed by atoms with Crippen LogP contribution in [0, 0.1) is 11.3 Å². The molecule has 0 amide bonds. The average Bonchev–Trinajstić information content (AvgIpc) is 2.39. The third kappa shape index (κ3) is 3.18. The molecule has 2 rings (SSSR count). The molecule has 17 heavy (non-hydrogen) atoms. The fourth-order valence-corrected chi connectivity index (χ4v) is 2.14. The molecule has 0 bridgehead atoms. The van der Waals surface area contributed by atoms with Crippen LogP contribution in [0.2, 0.25) is 0 Å². The third-order valence-electron chi connectivity index (χ3n) is 3.06. The Bertz CT molecular complexity index is 414. The van der Waals surface area contributed by atoms with Gasteiger partial charge in [-0.2, -0.15) is 5.26 Å². The minimum Gasteiger partial charge on any atom is -0.474 e. The largest absolute Gasteiger partial charge is 0.474 e. The van der Waals surface area contributed by atoms with Crippen LogP contribution in [0.3, 0.4) is 0 Å². The Morgan fingerprint density at radius 1 is 1.41 bits per heavy atom. The summed E-state index contributed by atoms with van der Waals surface area (Å²) >= 11 is 0. The maximum Gasteiger partial charge on any atom is 0.214 e. The van der Waals surface area contributed by atoms with Gasteiger partial charge in [0.05, 0.1) is 17.7 Å². The molecule has 2 unspecified atom stereocenters. The molecule has 1 aliphatic carbocycles. The van der Waals surface area contributed by atoms with Gasteiger partial charge < -0.3 is 9.47 Å². The Morgan fingerprint density at radius 2 is 2.24 bits per heavy atom. The molecule has 4 heteroatoms. The summed E-state index contributed by atoms with van der Waals surface area (Å²) in [4.78, 5) is 4.12. The standard InChI is InChI=1S/C13H16N2O2/c1-16-11-3-2-4-12(8-11)17-13-7-10(9-14)5-6-15-13/h5-7,11-12H,2-4,8H2,1H3. The van der Waals surface area contributed by atoms with Gasteiger partial charge in [0.1, 0.15) is 6.10 Å². The normalized spacial score (nSPS) is 24.0. The lowest BCUT2D eigenvalue weighted by Crippen LogP contribution is -2.29. The summed E-state index contributed by atoms with van der Waals surface area (Å²) in [6.07, 6.45) is 6.17. The molecule has 0 saturated heterocycles. The maximum atomic E-state index is 8.79. The summed E-state index contributed by atoms with van der Waals surface area (Å²) in [7, 11) is 1.74. The van der Waals surface area contributed by atoms with E-state index in [4.69, 9.17) is 14.7 Å². The van der Waals surface area contributed by atoms with Crippen LogP contribution < -0.4 is 4.74 Å². The number of hydrogen-bond donors (Lipinski definition) is 0. The molecule has 1 aliphatic rings. The zero-order chi connectivity index (χ0) is 12.1. The van der Waals surface area contributed by atoms with Crippen molar-refractivity contribution in [3.63, 3.8) is 0 Å². The van der Waals surface area contributed by atoms with E-state index in [9.17, 15) is 0 Å². The topological polar surface area (TPSA) is 55.1 Å². The highest BCUT2D eigenvalue weighted by Gasteiger charge is 2.23. The molecular formula is C13H16N2O2. The van der Waals surface area contributed by atoms with E-state index in [1.165, 1.54) is 0 Å². The van der Waals surface area contributed by atoms with Gasteiger partial charge in [-0.1, -0.05) is 0 Å². The molecule has 0 aliphatic heterocycles. The summed E-state index contributed by atoms with van der Waals surface area (Å²) in [5.74, 6) is 0.533. The van der Waals surface area contributed by atoms with E-state index in [0.29, 0.717) is 11.4 Å². The molecule has 1 heterocycles. The van der Waals surface area contributed by atoms with E-state index in [-0.39, 0.29) is 12.2 Å². The predicted octanol–water partition coefficient (Wildman–Crippen LogP) is 2.29. The monoisotopic (exact) mass is 232 g/mol. The zero-order valence-electron chi connectivity index (χ0n) is 9.93. The SMILES string of the molecule is COC1CCCC(Oc2cc(C#N)ccn2)C1. The van der Waals surface area contributed by atoms with Gasteiger partial charge in [-0.15, -0.1) is 0 Å². The summed E-state index contributed by atoms with van der Waals surface area (Å²) < 4.78 is 11.1. The third-order valence-corrected chi connectivity index (χ3v) is 3.06. The van der Waals surface area contributed by atoms with Gasteiger partial charge in [0.2, 0.25) is 5.88 Å². The molecule has 1 saturated carbocycles. The fraction of sp³-hybridized carbons (Fsp3) is 0.538. The molecule has 2 atom stereocenters. The Labute approximate surface area is 101 Å². The van der Waals surface area contributed by atoms with E-state index >= 15 is 0 Å². The smallest absolute Gasteiger partial charge is 0.214 e. The molecule has 4 nitrogen and oxygen atoms in total. The number of hydrogen-bond acceptors (Lipinski definition) is 4. The lowest BCUT2D eigenvalue weighted by atomic mass is 9.95. The van der Waals surface area contributed by atoms with Crippen LogP contribution in [-0.4, -0.2) is 24.3 Å². The van der Waals surface area contributed by atoms with Crippen LogP contribution >= 0.6 is 0 Å². The minimum atomic E-state index is 0.148. The van der Waals surface area contributed by atoms with Crippen LogP contribution in [0.1, 0.15) is 31.2 Å². The first kappa shape index (κ1) is 11.9. The molecule has 1 aromatic heterocycles. The second-order valence-electron chi connectivity index (χ2n) is 4.26. The van der Waals surface area contributed by atoms with E-state index in [1.54, 1.807) is 25.4 Å². The van der Waals surface area contributed by atoms with Crippen LogP contribution in [0.25, 0.3) is 0 Å². The number of rotatable bonds is 3. The van der Waals surface area contributed by atoms with E-state index in [0.717, 1.165) is 25.7 Å². The lowest BCUT2D eigenvalue weighted by molar-refractivity contribution is 0.0195. The highest BCUT2D eigenvalue weighted by atomic mass is 16.5. The molecule has 90 valence electrons. The van der Waals surface area contributed by atoms with Crippen molar-refractivity contribution in [1.29, 1.82) is 5.26 Å². The molecule has 0 radical (unpaired) electrons. The molecule has 0 N–H and O–H groups in total. The van der Waals surface area contributed by atoms with Crippen molar-refractivity contribution in [3.8, 4) is 11.9 Å². The maximum absolute atomic E-state index is 8.79. The lowest BCUT2D eigenvalue weighted by Gasteiger charge is -2.28. The van der Waals surface area contributed by atoms with Crippen LogP contribution in [0.15, 0.2) is 18.3 Å². The van der Waals surface area contributed by atoms with Crippen molar-refractivity contribution in [2.75, 3.05) is 7.11 Å². The van der Waals surface area contributed by atoms with Crippen LogP contribution in [-0.2, 0) is 4.74 Å². The number of nitrogens with zero attached hydrogens (tertiary/aromatic N) is 2. The first-order valence-electron chi connectivity index (χ1n) is 5.87. The van der Waals surface area contributed by atoms with Gasteiger partial charge in [0.15, 0.2) is 0 Å². The van der Waals surface area contributed by atoms with Crippen molar-refractivity contribution in [3.05, 3.63) is 23.9 Å². The highest BCUT2D eigenvalue weighted by molar-refractivity contribution is 5.31. The number of pyridine rings is 1. The zero-order valence-corrected chi connectivity index (χ0v) is 9.93. The first-order chi connectivity index (χ1) is 8.31. The summed E-state index contributed by atoms with van der Waals surface area (Å²) in [6, 6.07) is 5.43. The number of ether oxygens (including phenoxy) is 2. The van der Waals surface area contributed by atoms with E-state index < -0.39 is 0 Å². The van der Waals surface area contributed by atoms with Gasteiger partial charge >= 0.3 is 0 Å². The number of aromatic nitrogens is 1. The molecule has 1 fully saturated rings. The van der Waals surface area contributed by atoms with Gasteiger partial charge in [-0.3, -0.25) is 0 Å². The van der Waals surface area contributed by atoms with E-state index in [1.807, 2.05) is 0 Å². The Hall–Kier alpha value is -1.60. The van der Waals surface area contributed by atoms with Crippen LogP contribution in [0.5, 0.6) is 5.88 Å². The minimum absolute atomic E-state index is 0.148. The first-order valence-corrected chi connectivity index (χ1v) is 5.87. The van der Waals surface area contributed by atoms with Crippen molar-refractivity contribution in [2.24, 2.45) is 0 Å². The summed E-state index contributed by atoms with van der Waals surface area (Å²) in [6.45, 7) is 0. The van der Waals surface area contributed by atoms with Gasteiger partial charge in [0, 0.05) is 25.8 Å². The predicted molar refractivity (Wildman–Crippen MR) is 62.6 cm³/mol. The van der Waals surface area contributed by atoms with Gasteiger partial charge in [-0.05, 0) is 25.3 Å². The van der Waals surface area contributed by atoms with Crippen molar-refractivity contribution in [1.82, 2.24) is 4.98 Å². The second kappa shape index (κ2) is 5.65. The molecule has 0 aromatic carbocycles. The molecular weight excluding hydrogens is 216 g/mol. The average molecular weight is 232 g/mol. The second-order valence-corrected chi connectivity index (χ2v) is 4.26. The Kier molecular flexibility index (Phi) is 3.94. The number of nitriles is 1. The van der Waals surface area contributed by atoms with Crippen molar-refractivity contribution >= 4 is 0 Å². The molecule has 1 aromatic rings. The van der Waals surface area contributed by atoms with Crippen LogP contribution in [0.4, 0.5) is 0 Å². The quantitative estimate of drug-likeness (QED) is 0.802. The fourth-order valence-electron chi connectivity index (χ4n) is 2.14. The number of methoxy groups -OCH3 is 1. The van der Waals surface area contributed by atoms with Gasteiger partial charge in [-0.25, -0.2) is 4.98 Å². The van der Waals surface area contributed by atoms with Crippen molar-refractivity contribution < 1.29 is 9.47 Å². The Morgan fingerprint density at radius 3 is 3.00 bits per heavy atom. The van der Waals surface area contributed by atoms with Gasteiger partial charge in [0.25, 0.3) is 0 Å². The van der Waals surface area contributed by atoms with Crippen molar-refractivity contribution in [2.45, 2.75) is 37.9 Å². The summed E-state index contributed by atoms with van der Waals surface area (Å²) in [5, 5.41) is 8.79. The Balaban J connectivity index is 1.98. The highest BCUT2D eigenvalue weighted by Crippen LogP contribution is 2.24. The summed E-state index contributed by atoms with van der Waals surface area (Å²) in [5.41, 5.74) is 0.578. The van der Waals surface area contributed by atoms with E-state index in [2.05, 4.69) is 11.1 Å². The molecule has 0 spiro atoms.